The van der Waals surface area contributed by atoms with E-state index in [-0.39, 0.29) is 24.6 Å². The molecule has 0 aromatic carbocycles. The van der Waals surface area contributed by atoms with E-state index >= 15 is 0 Å². The van der Waals surface area contributed by atoms with Gasteiger partial charge in [-0.3, -0.25) is 4.90 Å². The van der Waals surface area contributed by atoms with Gasteiger partial charge in [0.25, 0.3) is 0 Å². The van der Waals surface area contributed by atoms with Gasteiger partial charge in [0.2, 0.25) is 0 Å². The number of anilines is 1. The summed E-state index contributed by atoms with van der Waals surface area (Å²) < 4.78 is 23.0. The summed E-state index contributed by atoms with van der Waals surface area (Å²) in [4.78, 5) is 19.8. The molecule has 0 N–H and O–H groups in total. The van der Waals surface area contributed by atoms with Gasteiger partial charge >= 0.3 is 12.2 Å². The maximum absolute atomic E-state index is 12.9. The molecule has 17 heavy (non-hydrogen) atoms. The van der Waals surface area contributed by atoms with Gasteiger partial charge in [-0.05, 0) is 13.0 Å². The Balaban J connectivity index is 2.30. The monoisotopic (exact) mass is 241 g/mol. The number of ether oxygens (including phenoxy) is 2. The lowest BCUT2D eigenvalue weighted by Crippen LogP contribution is -2.42. The second-order valence-electron chi connectivity index (χ2n) is 3.64. The Labute approximate surface area is 97.4 Å². The van der Waals surface area contributed by atoms with Gasteiger partial charge in [0.15, 0.2) is 0 Å². The van der Waals surface area contributed by atoms with E-state index in [0.29, 0.717) is 0 Å². The molecule has 1 aliphatic heterocycles. The first-order chi connectivity index (χ1) is 8.13. The van der Waals surface area contributed by atoms with E-state index in [1.807, 2.05) is 0 Å². The number of cyclic esters (lactones) is 1. The van der Waals surface area contributed by atoms with Crippen LogP contribution in [0.5, 0.6) is 0 Å². The first-order valence-corrected chi connectivity index (χ1v) is 5.11. The highest BCUT2D eigenvalue weighted by Gasteiger charge is 2.38. The predicted octanol–water partition coefficient (Wildman–Crippen LogP) is 0.976. The van der Waals surface area contributed by atoms with Crippen LogP contribution in [-0.2, 0) is 9.47 Å². The highest BCUT2D eigenvalue weighted by molar-refractivity contribution is 5.89. The summed E-state index contributed by atoms with van der Waals surface area (Å²) in [5.74, 6) is 0.175. The quantitative estimate of drug-likeness (QED) is 0.738. The summed E-state index contributed by atoms with van der Waals surface area (Å²) in [6, 6.07) is 1.13. The molecule has 1 fully saturated rings. The van der Waals surface area contributed by atoms with Crippen LogP contribution >= 0.6 is 0 Å². The van der Waals surface area contributed by atoms with E-state index in [4.69, 9.17) is 9.47 Å². The van der Waals surface area contributed by atoms with Crippen molar-refractivity contribution in [2.24, 2.45) is 0 Å². The van der Waals surface area contributed by atoms with Crippen LogP contribution in [0.15, 0.2) is 12.3 Å². The summed E-state index contributed by atoms with van der Waals surface area (Å²) in [6.45, 7) is 2.00. The van der Waals surface area contributed by atoms with Gasteiger partial charge in [0, 0.05) is 13.3 Å². The van der Waals surface area contributed by atoms with E-state index in [1.54, 1.807) is 6.92 Å². The third-order valence-corrected chi connectivity index (χ3v) is 2.68. The van der Waals surface area contributed by atoms with Crippen molar-refractivity contribution in [1.82, 2.24) is 9.97 Å². The molecular formula is C10H12FN3O3. The largest absolute Gasteiger partial charge is 0.447 e. The van der Waals surface area contributed by atoms with Gasteiger partial charge < -0.3 is 9.47 Å². The number of methoxy groups -OCH3 is 1. The number of hydrogen-bond donors (Lipinski definition) is 0. The number of nitrogens with zero attached hydrogens (tertiary/aromatic N) is 3. The Morgan fingerprint density at radius 2 is 2.47 bits per heavy atom. The minimum atomic E-state index is -0.883. The van der Waals surface area contributed by atoms with Crippen molar-refractivity contribution in [3.63, 3.8) is 0 Å². The summed E-state index contributed by atoms with van der Waals surface area (Å²) >= 11 is 0. The van der Waals surface area contributed by atoms with Gasteiger partial charge in [-0.2, -0.15) is 9.37 Å². The number of aromatic nitrogens is 2. The average Bonchev–Trinajstić information content (AvgIpc) is 2.70. The zero-order chi connectivity index (χ0) is 12.4. The van der Waals surface area contributed by atoms with Crippen LogP contribution in [0, 0.1) is 6.08 Å². The van der Waals surface area contributed by atoms with Crippen LogP contribution in [0.2, 0.25) is 0 Å². The number of carbonyl (C=O) groups is 1. The van der Waals surface area contributed by atoms with Gasteiger partial charge in [-0.15, -0.1) is 0 Å². The smallest absolute Gasteiger partial charge is 0.416 e. The van der Waals surface area contributed by atoms with Crippen molar-refractivity contribution in [1.29, 1.82) is 0 Å². The molecule has 7 heteroatoms. The minimum Gasteiger partial charge on any atom is -0.447 e. The van der Waals surface area contributed by atoms with E-state index in [1.165, 1.54) is 24.3 Å². The molecule has 0 saturated carbocycles. The highest BCUT2D eigenvalue weighted by atomic mass is 19.1. The van der Waals surface area contributed by atoms with E-state index < -0.39 is 12.2 Å². The molecule has 1 aromatic heterocycles. The minimum absolute atomic E-state index is 0.175. The maximum atomic E-state index is 12.9. The fourth-order valence-corrected chi connectivity index (χ4v) is 1.66. The van der Waals surface area contributed by atoms with E-state index in [2.05, 4.69) is 9.97 Å². The molecule has 0 aliphatic carbocycles. The summed E-state index contributed by atoms with van der Waals surface area (Å²) in [5, 5.41) is 0. The lowest BCUT2D eigenvalue weighted by Gasteiger charge is -2.24. The number of carbonyl (C=O) groups excluding carboxylic acids is 1. The van der Waals surface area contributed by atoms with Crippen LogP contribution in [0.4, 0.5) is 15.0 Å². The third kappa shape index (κ3) is 2.19. The zero-order valence-electron chi connectivity index (χ0n) is 9.46. The SMILES string of the molecule is CO[C@H](C)[C@H]1COC(=O)N1c1ccnc(F)n1. The second kappa shape index (κ2) is 4.62. The Kier molecular flexibility index (Phi) is 3.19. The van der Waals surface area contributed by atoms with Crippen molar-refractivity contribution in [2.75, 3.05) is 18.6 Å². The number of rotatable bonds is 3. The number of amides is 1. The molecule has 2 rings (SSSR count). The summed E-state index contributed by atoms with van der Waals surface area (Å²) in [7, 11) is 1.53. The van der Waals surface area contributed by atoms with Crippen molar-refractivity contribution < 1.29 is 18.7 Å². The number of halogens is 1. The lowest BCUT2D eigenvalue weighted by atomic mass is 10.2. The van der Waals surface area contributed by atoms with Crippen LogP contribution < -0.4 is 4.90 Å². The molecule has 2 atom stereocenters. The van der Waals surface area contributed by atoms with E-state index in [0.717, 1.165) is 0 Å². The molecule has 1 amide bonds. The maximum Gasteiger partial charge on any atom is 0.416 e. The summed E-state index contributed by atoms with van der Waals surface area (Å²) in [5.41, 5.74) is 0. The van der Waals surface area contributed by atoms with Gasteiger partial charge in [-0.1, -0.05) is 0 Å². The third-order valence-electron chi connectivity index (χ3n) is 2.68. The Morgan fingerprint density at radius 3 is 3.12 bits per heavy atom. The molecule has 0 radical (unpaired) electrons. The molecule has 6 nitrogen and oxygen atoms in total. The van der Waals surface area contributed by atoms with Crippen LogP contribution in [0.3, 0.4) is 0 Å². The van der Waals surface area contributed by atoms with Gasteiger partial charge in [0.1, 0.15) is 18.5 Å². The molecule has 2 heterocycles. The molecule has 0 unspecified atom stereocenters. The highest BCUT2D eigenvalue weighted by Crippen LogP contribution is 2.23. The molecule has 0 bridgehead atoms. The summed E-state index contributed by atoms with van der Waals surface area (Å²) in [6.07, 6.45) is -0.430. The van der Waals surface area contributed by atoms with Crippen molar-refractivity contribution in [3.05, 3.63) is 18.3 Å². The fraction of sp³-hybridized carbons (Fsp3) is 0.500. The normalized spacial score (nSPS) is 21.5. The second-order valence-corrected chi connectivity index (χ2v) is 3.64. The zero-order valence-corrected chi connectivity index (χ0v) is 9.46. The van der Waals surface area contributed by atoms with Crippen molar-refractivity contribution >= 4 is 11.9 Å². The van der Waals surface area contributed by atoms with Gasteiger partial charge in [0.05, 0.1) is 6.10 Å². The van der Waals surface area contributed by atoms with Gasteiger partial charge in [-0.25, -0.2) is 9.78 Å². The Morgan fingerprint density at radius 1 is 1.71 bits per heavy atom. The van der Waals surface area contributed by atoms with Crippen LogP contribution in [0.25, 0.3) is 0 Å². The predicted molar refractivity (Wildman–Crippen MR) is 56.1 cm³/mol. The molecule has 1 aliphatic rings. The van der Waals surface area contributed by atoms with E-state index in [9.17, 15) is 9.18 Å². The first kappa shape index (κ1) is 11.7. The van der Waals surface area contributed by atoms with Crippen LogP contribution in [0.1, 0.15) is 6.92 Å². The van der Waals surface area contributed by atoms with Crippen molar-refractivity contribution in [3.8, 4) is 0 Å². The number of hydrogen-bond acceptors (Lipinski definition) is 5. The molecular weight excluding hydrogens is 229 g/mol. The molecule has 0 spiro atoms. The Hall–Kier alpha value is -1.76. The fourth-order valence-electron chi connectivity index (χ4n) is 1.66. The standard InChI is InChI=1S/C10H12FN3O3/c1-6(16-2)7-5-17-10(15)14(7)8-3-4-12-9(11)13-8/h3-4,6-7H,5H2,1-2H3/t6-,7-/m1/s1. The lowest BCUT2D eigenvalue weighted by molar-refractivity contribution is 0.0881. The molecule has 1 saturated heterocycles. The molecule has 92 valence electrons. The molecule has 1 aromatic rings. The topological polar surface area (TPSA) is 64.6 Å². The Bertz CT molecular complexity index is 429. The first-order valence-electron chi connectivity index (χ1n) is 5.11. The average molecular weight is 241 g/mol. The van der Waals surface area contributed by atoms with Crippen LogP contribution in [-0.4, -0.2) is 41.9 Å². The van der Waals surface area contributed by atoms with Crippen molar-refractivity contribution in [2.45, 2.75) is 19.1 Å².